The summed E-state index contributed by atoms with van der Waals surface area (Å²) in [5, 5.41) is 0. The zero-order valence-corrected chi connectivity index (χ0v) is 18.6. The summed E-state index contributed by atoms with van der Waals surface area (Å²) in [6.07, 6.45) is 8.57. The fraction of sp³-hybridized carbons (Fsp3) is 0.391. The summed E-state index contributed by atoms with van der Waals surface area (Å²) >= 11 is 2.35. The summed E-state index contributed by atoms with van der Waals surface area (Å²) in [7, 11) is 1.68. The van der Waals surface area contributed by atoms with Gasteiger partial charge in [0.15, 0.2) is 0 Å². The van der Waals surface area contributed by atoms with Crippen molar-refractivity contribution >= 4 is 34.7 Å². The van der Waals surface area contributed by atoms with Gasteiger partial charge in [-0.25, -0.2) is 0 Å². The minimum atomic E-state index is 0.724. The van der Waals surface area contributed by atoms with Crippen molar-refractivity contribution in [3.8, 4) is 17.2 Å². The van der Waals surface area contributed by atoms with Crippen LogP contribution in [0.5, 0.6) is 17.2 Å². The lowest BCUT2D eigenvalue weighted by Crippen LogP contribution is -1.97. The Balaban J connectivity index is 2.16. The van der Waals surface area contributed by atoms with Crippen LogP contribution in [0.25, 0.3) is 12.2 Å². The number of hydrogen-bond acceptors (Lipinski definition) is 3. The molecule has 0 N–H and O–H groups in total. The Hall–Kier alpha value is -1.69. The maximum Gasteiger partial charge on any atom is 0.123 e. The molecule has 2 aromatic rings. The van der Waals surface area contributed by atoms with E-state index in [0.717, 1.165) is 67.3 Å². The largest absolute Gasteiger partial charge is 0.497 e. The summed E-state index contributed by atoms with van der Waals surface area (Å²) in [4.78, 5) is 0. The van der Waals surface area contributed by atoms with E-state index in [2.05, 4.69) is 60.7 Å². The standard InChI is InChI=1S/C23H29IO3/c1-4-6-12-26-20-10-11-23(24)19(16-20)9-8-18-14-21(25-3)17-22(15-18)27-13-7-5-2/h8-11,14-17H,4-7,12-13H2,1-3H3/b9-8-. The first kappa shape index (κ1) is 21.6. The first-order valence-electron chi connectivity index (χ1n) is 9.58. The van der Waals surface area contributed by atoms with Crippen molar-refractivity contribution in [1.29, 1.82) is 0 Å². The quantitative estimate of drug-likeness (QED) is 0.201. The smallest absolute Gasteiger partial charge is 0.123 e. The highest BCUT2D eigenvalue weighted by Crippen LogP contribution is 2.26. The van der Waals surface area contributed by atoms with Gasteiger partial charge in [0.05, 0.1) is 20.3 Å². The van der Waals surface area contributed by atoms with Crippen molar-refractivity contribution in [1.82, 2.24) is 0 Å². The molecule has 0 bridgehead atoms. The van der Waals surface area contributed by atoms with E-state index in [1.54, 1.807) is 7.11 Å². The summed E-state index contributed by atoms with van der Waals surface area (Å²) in [6.45, 7) is 5.81. The van der Waals surface area contributed by atoms with Crippen molar-refractivity contribution in [2.75, 3.05) is 20.3 Å². The molecule has 0 heterocycles. The Morgan fingerprint density at radius 2 is 1.48 bits per heavy atom. The normalized spacial score (nSPS) is 11.0. The number of methoxy groups -OCH3 is 1. The second-order valence-corrected chi connectivity index (χ2v) is 7.52. The third-order valence-electron chi connectivity index (χ3n) is 4.09. The SMILES string of the molecule is CCCCOc1cc(/C=C\c2cc(OCCCC)ccc2I)cc(OC)c1. The molecule has 0 atom stereocenters. The lowest BCUT2D eigenvalue weighted by molar-refractivity contribution is 0.307. The molecule has 2 rings (SSSR count). The van der Waals surface area contributed by atoms with Gasteiger partial charge in [-0.15, -0.1) is 0 Å². The molecule has 0 unspecified atom stereocenters. The molecule has 0 amide bonds. The van der Waals surface area contributed by atoms with Crippen LogP contribution in [0.3, 0.4) is 0 Å². The van der Waals surface area contributed by atoms with Gasteiger partial charge in [-0.1, -0.05) is 38.8 Å². The molecule has 0 aliphatic carbocycles. The van der Waals surface area contributed by atoms with Crippen LogP contribution in [-0.4, -0.2) is 20.3 Å². The van der Waals surface area contributed by atoms with Gasteiger partial charge in [-0.3, -0.25) is 0 Å². The second kappa shape index (κ2) is 11.9. The van der Waals surface area contributed by atoms with E-state index in [0.29, 0.717) is 0 Å². The van der Waals surface area contributed by atoms with Crippen LogP contribution in [0.1, 0.15) is 50.7 Å². The molecule has 0 spiro atoms. The lowest BCUT2D eigenvalue weighted by Gasteiger charge is -2.09. The van der Waals surface area contributed by atoms with Crippen LogP contribution in [0, 0.1) is 3.57 Å². The Morgan fingerprint density at radius 3 is 2.15 bits per heavy atom. The minimum Gasteiger partial charge on any atom is -0.497 e. The van der Waals surface area contributed by atoms with Crippen LogP contribution < -0.4 is 14.2 Å². The molecule has 146 valence electrons. The van der Waals surface area contributed by atoms with Gasteiger partial charge < -0.3 is 14.2 Å². The topological polar surface area (TPSA) is 27.7 Å². The molecular weight excluding hydrogens is 451 g/mol. The van der Waals surface area contributed by atoms with Gasteiger partial charge >= 0.3 is 0 Å². The molecule has 3 nitrogen and oxygen atoms in total. The zero-order chi connectivity index (χ0) is 19.5. The average molecular weight is 480 g/mol. The molecule has 0 fully saturated rings. The molecule has 0 aliphatic rings. The Bertz CT molecular complexity index is 740. The third-order valence-corrected chi connectivity index (χ3v) is 5.08. The summed E-state index contributed by atoms with van der Waals surface area (Å²) in [5.74, 6) is 2.56. The van der Waals surface area contributed by atoms with Gasteiger partial charge in [0.25, 0.3) is 0 Å². The Morgan fingerprint density at radius 1 is 0.815 bits per heavy atom. The molecule has 0 aliphatic heterocycles. The highest BCUT2D eigenvalue weighted by Gasteiger charge is 2.03. The molecule has 2 aromatic carbocycles. The van der Waals surface area contributed by atoms with Gasteiger partial charge in [-0.05, 0) is 76.9 Å². The minimum absolute atomic E-state index is 0.724. The van der Waals surface area contributed by atoms with Crippen LogP contribution in [-0.2, 0) is 0 Å². The number of halogens is 1. The number of hydrogen-bond donors (Lipinski definition) is 0. The fourth-order valence-corrected chi connectivity index (χ4v) is 3.00. The molecular formula is C23H29IO3. The predicted octanol–water partition coefficient (Wildman–Crippen LogP) is 6.83. The lowest BCUT2D eigenvalue weighted by atomic mass is 10.1. The third kappa shape index (κ3) is 7.45. The first-order valence-corrected chi connectivity index (χ1v) is 10.7. The number of rotatable bonds is 11. The van der Waals surface area contributed by atoms with Crippen LogP contribution in [0.15, 0.2) is 36.4 Å². The van der Waals surface area contributed by atoms with E-state index < -0.39 is 0 Å². The Labute approximate surface area is 176 Å². The number of benzene rings is 2. The first-order chi connectivity index (χ1) is 13.2. The Kier molecular flexibility index (Phi) is 9.53. The maximum absolute atomic E-state index is 5.84. The van der Waals surface area contributed by atoms with Gasteiger partial charge in [0.2, 0.25) is 0 Å². The molecule has 4 heteroatoms. The maximum atomic E-state index is 5.84. The van der Waals surface area contributed by atoms with E-state index in [4.69, 9.17) is 14.2 Å². The van der Waals surface area contributed by atoms with Gasteiger partial charge in [0.1, 0.15) is 17.2 Å². The summed E-state index contributed by atoms with van der Waals surface area (Å²) in [6, 6.07) is 12.2. The highest BCUT2D eigenvalue weighted by molar-refractivity contribution is 14.1. The van der Waals surface area contributed by atoms with Crippen LogP contribution in [0.4, 0.5) is 0 Å². The van der Waals surface area contributed by atoms with Crippen molar-refractivity contribution in [2.24, 2.45) is 0 Å². The van der Waals surface area contributed by atoms with Crippen molar-refractivity contribution < 1.29 is 14.2 Å². The van der Waals surface area contributed by atoms with E-state index in [1.807, 2.05) is 24.3 Å². The number of unbranched alkanes of at least 4 members (excludes halogenated alkanes) is 2. The van der Waals surface area contributed by atoms with Crippen molar-refractivity contribution in [3.63, 3.8) is 0 Å². The summed E-state index contributed by atoms with van der Waals surface area (Å²) in [5.41, 5.74) is 2.19. The van der Waals surface area contributed by atoms with E-state index in [1.165, 1.54) is 3.57 Å². The van der Waals surface area contributed by atoms with Crippen LogP contribution >= 0.6 is 22.6 Å². The van der Waals surface area contributed by atoms with Crippen LogP contribution in [0.2, 0.25) is 0 Å². The second-order valence-electron chi connectivity index (χ2n) is 6.36. The van der Waals surface area contributed by atoms with Gasteiger partial charge in [-0.2, -0.15) is 0 Å². The predicted molar refractivity (Wildman–Crippen MR) is 122 cm³/mol. The molecule has 27 heavy (non-hydrogen) atoms. The fourth-order valence-electron chi connectivity index (χ4n) is 2.49. The van der Waals surface area contributed by atoms with E-state index in [9.17, 15) is 0 Å². The zero-order valence-electron chi connectivity index (χ0n) is 16.5. The molecule has 0 radical (unpaired) electrons. The van der Waals surface area contributed by atoms with Crippen molar-refractivity contribution in [2.45, 2.75) is 39.5 Å². The average Bonchev–Trinajstić information content (AvgIpc) is 2.68. The number of ether oxygens (including phenoxy) is 3. The van der Waals surface area contributed by atoms with E-state index >= 15 is 0 Å². The molecule has 0 saturated carbocycles. The highest BCUT2D eigenvalue weighted by atomic mass is 127. The molecule has 0 aromatic heterocycles. The van der Waals surface area contributed by atoms with Gasteiger partial charge in [0, 0.05) is 9.64 Å². The van der Waals surface area contributed by atoms with E-state index in [-0.39, 0.29) is 0 Å². The molecule has 0 saturated heterocycles. The van der Waals surface area contributed by atoms with Crippen molar-refractivity contribution in [3.05, 3.63) is 51.1 Å². The summed E-state index contributed by atoms with van der Waals surface area (Å²) < 4.78 is 18.3. The monoisotopic (exact) mass is 480 g/mol.